The number of benzene rings is 2. The maximum Gasteiger partial charge on any atom is 0.0841 e. The van der Waals surface area contributed by atoms with E-state index >= 15 is 0 Å². The minimum atomic E-state index is -0.0134. The number of hydrogen-bond acceptors (Lipinski definition) is 5. The molecule has 5 nitrogen and oxygen atoms in total. The fraction of sp³-hybridized carbons (Fsp3) is 0.613. The molecule has 1 unspecified atom stereocenters. The molecular formula is C31H47N3O2. The number of rotatable bonds is 11. The lowest BCUT2D eigenvalue weighted by Gasteiger charge is -2.53. The molecule has 2 aliphatic rings. The summed E-state index contributed by atoms with van der Waals surface area (Å²) in [6.45, 7) is 14.9. The summed E-state index contributed by atoms with van der Waals surface area (Å²) in [7, 11) is 2.00. The second-order valence-electron chi connectivity index (χ2n) is 11.3. The van der Waals surface area contributed by atoms with Gasteiger partial charge in [-0.05, 0) is 69.8 Å². The third-order valence-electron chi connectivity index (χ3n) is 8.19. The van der Waals surface area contributed by atoms with Gasteiger partial charge in [0.1, 0.15) is 0 Å². The monoisotopic (exact) mass is 493 g/mol. The van der Waals surface area contributed by atoms with Gasteiger partial charge in [0, 0.05) is 44.9 Å². The summed E-state index contributed by atoms with van der Waals surface area (Å²) in [6, 6.07) is 19.6. The van der Waals surface area contributed by atoms with Crippen LogP contribution in [0.25, 0.3) is 0 Å². The molecule has 2 heterocycles. The van der Waals surface area contributed by atoms with E-state index in [4.69, 9.17) is 9.47 Å². The zero-order valence-electron chi connectivity index (χ0n) is 23.0. The second kappa shape index (κ2) is 12.7. The van der Waals surface area contributed by atoms with E-state index in [2.05, 4.69) is 90.5 Å². The van der Waals surface area contributed by atoms with E-state index in [0.29, 0.717) is 12.1 Å². The van der Waals surface area contributed by atoms with Crippen LogP contribution in [0, 0.1) is 0 Å². The maximum absolute atomic E-state index is 6.41. The molecule has 2 aromatic carbocycles. The average molecular weight is 494 g/mol. The van der Waals surface area contributed by atoms with Gasteiger partial charge in [0.15, 0.2) is 0 Å². The number of ether oxygens (including phenoxy) is 2. The van der Waals surface area contributed by atoms with Crippen molar-refractivity contribution in [1.29, 1.82) is 0 Å². The highest BCUT2D eigenvalue weighted by Crippen LogP contribution is 2.39. The number of nitrogens with zero attached hydrogens (tertiary/aromatic N) is 2. The predicted molar refractivity (Wildman–Crippen MR) is 148 cm³/mol. The molecule has 1 N–H and O–H groups in total. The van der Waals surface area contributed by atoms with Gasteiger partial charge < -0.3 is 14.8 Å². The molecule has 2 saturated heterocycles. The number of hydrogen-bond donors (Lipinski definition) is 1. The highest BCUT2D eigenvalue weighted by molar-refractivity contribution is 5.23. The van der Waals surface area contributed by atoms with Crippen LogP contribution in [0.5, 0.6) is 0 Å². The molecule has 0 saturated carbocycles. The minimum absolute atomic E-state index is 0.0134. The molecule has 5 heteroatoms. The summed E-state index contributed by atoms with van der Waals surface area (Å²) in [6.07, 6.45) is 4.58. The van der Waals surface area contributed by atoms with Gasteiger partial charge in [-0.25, -0.2) is 0 Å². The van der Waals surface area contributed by atoms with Gasteiger partial charge >= 0.3 is 0 Å². The van der Waals surface area contributed by atoms with Crippen LogP contribution in [0.1, 0.15) is 69.2 Å². The van der Waals surface area contributed by atoms with Crippen LogP contribution in [0.2, 0.25) is 0 Å². The quantitative estimate of drug-likeness (QED) is 0.453. The molecule has 0 aliphatic carbocycles. The smallest absolute Gasteiger partial charge is 0.0841 e. The van der Waals surface area contributed by atoms with Gasteiger partial charge in [-0.15, -0.1) is 0 Å². The topological polar surface area (TPSA) is 37.0 Å². The van der Waals surface area contributed by atoms with Crippen molar-refractivity contribution < 1.29 is 9.47 Å². The van der Waals surface area contributed by atoms with Gasteiger partial charge in [0.05, 0.1) is 18.3 Å². The van der Waals surface area contributed by atoms with Gasteiger partial charge in [-0.1, -0.05) is 61.5 Å². The maximum atomic E-state index is 6.41. The highest BCUT2D eigenvalue weighted by atomic mass is 16.5. The van der Waals surface area contributed by atoms with E-state index in [1.54, 1.807) is 0 Å². The van der Waals surface area contributed by atoms with Gasteiger partial charge in [-0.2, -0.15) is 0 Å². The van der Waals surface area contributed by atoms with Crippen LogP contribution in [0.4, 0.5) is 0 Å². The van der Waals surface area contributed by atoms with Crippen LogP contribution in [-0.4, -0.2) is 67.3 Å². The van der Waals surface area contributed by atoms with Crippen molar-refractivity contribution in [1.82, 2.24) is 15.1 Å². The lowest BCUT2D eigenvalue weighted by atomic mass is 9.77. The standard InChI is InChI=1S/C31H47N3O2/c1-5-31(15-21-36-30(2,3)25-31)34-19-17-33(18-20-34)23-26-10-9-11-27(22-26)24-35-29(14-16-32-4)28-12-7-6-8-13-28/h6-13,22,29,32H,5,14-21,23-25H2,1-4H3/t29?,31-/m1/s1. The Morgan fingerprint density at radius 3 is 2.44 bits per heavy atom. The molecule has 198 valence electrons. The van der Waals surface area contributed by atoms with Crippen molar-refractivity contribution >= 4 is 0 Å². The Labute approximate surface area is 219 Å². The molecule has 2 aromatic rings. The Bertz CT molecular complexity index is 926. The molecule has 0 amide bonds. The van der Waals surface area contributed by atoms with Crippen molar-refractivity contribution in [3.05, 3.63) is 71.3 Å². The average Bonchev–Trinajstić information content (AvgIpc) is 2.89. The summed E-state index contributed by atoms with van der Waals surface area (Å²) < 4.78 is 12.5. The van der Waals surface area contributed by atoms with Crippen molar-refractivity contribution in [3.8, 4) is 0 Å². The Morgan fingerprint density at radius 2 is 1.75 bits per heavy atom. The first kappa shape index (κ1) is 27.3. The molecule has 2 atom stereocenters. The first-order valence-electron chi connectivity index (χ1n) is 13.9. The normalized spacial score (nSPS) is 24.0. The first-order chi connectivity index (χ1) is 17.4. The molecule has 0 radical (unpaired) electrons. The van der Waals surface area contributed by atoms with Crippen LogP contribution in [-0.2, 0) is 22.6 Å². The lowest BCUT2D eigenvalue weighted by Crippen LogP contribution is -2.61. The van der Waals surface area contributed by atoms with Crippen molar-refractivity contribution in [3.63, 3.8) is 0 Å². The molecule has 4 rings (SSSR count). The van der Waals surface area contributed by atoms with E-state index in [-0.39, 0.29) is 11.7 Å². The van der Waals surface area contributed by atoms with Gasteiger partial charge in [0.25, 0.3) is 0 Å². The number of piperazine rings is 1. The summed E-state index contributed by atoms with van der Waals surface area (Å²) >= 11 is 0. The first-order valence-corrected chi connectivity index (χ1v) is 13.9. The third-order valence-corrected chi connectivity index (χ3v) is 8.19. The van der Waals surface area contributed by atoms with E-state index in [1.165, 1.54) is 23.1 Å². The van der Waals surface area contributed by atoms with E-state index in [1.807, 2.05) is 7.05 Å². The van der Waals surface area contributed by atoms with Crippen LogP contribution < -0.4 is 5.32 Å². The molecule has 0 bridgehead atoms. The summed E-state index contributed by atoms with van der Waals surface area (Å²) in [5.74, 6) is 0. The zero-order chi connectivity index (χ0) is 25.4. The Kier molecular flexibility index (Phi) is 9.59. The van der Waals surface area contributed by atoms with Crippen molar-refractivity contribution in [2.75, 3.05) is 46.4 Å². The Balaban J connectivity index is 1.31. The zero-order valence-corrected chi connectivity index (χ0v) is 23.0. The summed E-state index contributed by atoms with van der Waals surface area (Å²) in [5.41, 5.74) is 4.17. The molecule has 2 fully saturated rings. The molecule has 36 heavy (non-hydrogen) atoms. The largest absolute Gasteiger partial charge is 0.375 e. The van der Waals surface area contributed by atoms with Gasteiger partial charge in [-0.3, -0.25) is 9.80 Å². The fourth-order valence-electron chi connectivity index (χ4n) is 6.19. The molecule has 0 aromatic heterocycles. The van der Waals surface area contributed by atoms with Crippen LogP contribution in [0.3, 0.4) is 0 Å². The fourth-order valence-corrected chi connectivity index (χ4v) is 6.19. The lowest BCUT2D eigenvalue weighted by molar-refractivity contribution is -0.128. The van der Waals surface area contributed by atoms with Crippen molar-refractivity contribution in [2.24, 2.45) is 0 Å². The third kappa shape index (κ3) is 7.17. The second-order valence-corrected chi connectivity index (χ2v) is 11.3. The SMILES string of the molecule is CC[C@@]1(N2CCN(Cc3cccc(COC(CCNC)c4ccccc4)c3)CC2)CCOC(C)(C)C1. The molecular weight excluding hydrogens is 446 g/mol. The van der Waals surface area contributed by atoms with E-state index in [9.17, 15) is 0 Å². The number of nitrogens with one attached hydrogen (secondary N) is 1. The molecule has 2 aliphatic heterocycles. The summed E-state index contributed by atoms with van der Waals surface area (Å²) in [4.78, 5) is 5.39. The van der Waals surface area contributed by atoms with E-state index < -0.39 is 0 Å². The highest BCUT2D eigenvalue weighted by Gasteiger charge is 2.44. The minimum Gasteiger partial charge on any atom is -0.375 e. The van der Waals surface area contributed by atoms with Crippen molar-refractivity contribution in [2.45, 2.75) is 76.9 Å². The Morgan fingerprint density at radius 1 is 1.00 bits per heavy atom. The Hall–Kier alpha value is -1.76. The molecule has 0 spiro atoms. The van der Waals surface area contributed by atoms with Gasteiger partial charge in [0.2, 0.25) is 0 Å². The predicted octanol–water partition coefficient (Wildman–Crippen LogP) is 5.41. The summed E-state index contributed by atoms with van der Waals surface area (Å²) in [5, 5.41) is 3.26. The van der Waals surface area contributed by atoms with Crippen LogP contribution >= 0.6 is 0 Å². The van der Waals surface area contributed by atoms with Crippen LogP contribution in [0.15, 0.2) is 54.6 Å². The van der Waals surface area contributed by atoms with E-state index in [0.717, 1.165) is 65.1 Å².